The second kappa shape index (κ2) is 8.74. The molecule has 3 heterocycles. The fourth-order valence-corrected chi connectivity index (χ4v) is 4.22. The average molecular weight is 463 g/mol. The summed E-state index contributed by atoms with van der Waals surface area (Å²) in [5.74, 6) is 0.205. The second-order valence-corrected chi connectivity index (χ2v) is 8.37. The highest BCUT2D eigenvalue weighted by Gasteiger charge is 2.34. The number of pyridine rings is 1. The number of aryl methyl sites for hydroxylation is 1. The maximum absolute atomic E-state index is 14.1. The standard InChI is InChI=1S/C23H25F4N5O/c1-12-11-33-6-5-32(12)21-9-18-19(10-28-21)15(4)30-31-22(18)29-14(3)17-7-16(24)8-20(13(17)2)23(25,26)27/h7-10,12,14H,5-6,11H2,1-4H3,(H,29,31)/t12-,14-/m1/s1. The molecule has 33 heavy (non-hydrogen) atoms. The van der Waals surface area contributed by atoms with Crippen molar-refractivity contribution in [2.45, 2.75) is 46.0 Å². The van der Waals surface area contributed by atoms with Crippen molar-refractivity contribution < 1.29 is 22.3 Å². The Bertz CT molecular complexity index is 1180. The molecule has 1 N–H and O–H groups in total. The third kappa shape index (κ3) is 4.57. The molecule has 0 spiro atoms. The monoisotopic (exact) mass is 463 g/mol. The summed E-state index contributed by atoms with van der Waals surface area (Å²) in [6, 6.07) is 3.03. The SMILES string of the molecule is Cc1c([C@@H](C)Nc2nnc(C)c3cnc(N4CCOC[C@H]4C)cc23)cc(F)cc1C(F)(F)F. The van der Waals surface area contributed by atoms with Gasteiger partial charge in [0.25, 0.3) is 0 Å². The minimum atomic E-state index is -4.65. The Kier molecular flexibility index (Phi) is 6.13. The minimum Gasteiger partial charge on any atom is -0.377 e. The molecule has 0 saturated carbocycles. The Labute approximate surface area is 189 Å². The summed E-state index contributed by atoms with van der Waals surface area (Å²) in [5.41, 5.74) is -0.135. The van der Waals surface area contributed by atoms with Crippen LogP contribution in [0.5, 0.6) is 0 Å². The number of hydrogen-bond acceptors (Lipinski definition) is 6. The lowest BCUT2D eigenvalue weighted by molar-refractivity contribution is -0.138. The molecule has 0 bridgehead atoms. The molecule has 1 saturated heterocycles. The molecule has 3 aromatic rings. The van der Waals surface area contributed by atoms with Crippen molar-refractivity contribution in [1.29, 1.82) is 0 Å². The number of halogens is 4. The molecule has 2 aromatic heterocycles. The number of anilines is 2. The summed E-state index contributed by atoms with van der Waals surface area (Å²) in [6.45, 7) is 8.76. The van der Waals surface area contributed by atoms with Gasteiger partial charge < -0.3 is 15.0 Å². The van der Waals surface area contributed by atoms with Crippen molar-refractivity contribution in [2.75, 3.05) is 30.0 Å². The van der Waals surface area contributed by atoms with Crippen LogP contribution in [0.1, 0.15) is 42.3 Å². The highest BCUT2D eigenvalue weighted by atomic mass is 19.4. The molecule has 10 heteroatoms. The van der Waals surface area contributed by atoms with Crippen molar-refractivity contribution in [2.24, 2.45) is 0 Å². The molecule has 0 unspecified atom stereocenters. The van der Waals surface area contributed by atoms with E-state index in [0.717, 1.165) is 22.7 Å². The summed E-state index contributed by atoms with van der Waals surface area (Å²) in [4.78, 5) is 6.72. The Morgan fingerprint density at radius 1 is 1.15 bits per heavy atom. The van der Waals surface area contributed by atoms with Gasteiger partial charge in [0.2, 0.25) is 0 Å². The number of aromatic nitrogens is 3. The molecular formula is C23H25F4N5O. The fourth-order valence-electron chi connectivity index (χ4n) is 4.22. The molecule has 0 amide bonds. The highest BCUT2D eigenvalue weighted by molar-refractivity contribution is 5.94. The first-order chi connectivity index (χ1) is 15.6. The van der Waals surface area contributed by atoms with E-state index >= 15 is 0 Å². The van der Waals surface area contributed by atoms with Crippen molar-refractivity contribution in [1.82, 2.24) is 15.2 Å². The number of rotatable bonds is 4. The molecule has 1 aliphatic heterocycles. The van der Waals surface area contributed by atoms with E-state index < -0.39 is 23.6 Å². The maximum Gasteiger partial charge on any atom is 0.416 e. The largest absolute Gasteiger partial charge is 0.416 e. The second-order valence-electron chi connectivity index (χ2n) is 8.37. The van der Waals surface area contributed by atoms with Crippen LogP contribution in [-0.2, 0) is 10.9 Å². The topological polar surface area (TPSA) is 63.2 Å². The summed E-state index contributed by atoms with van der Waals surface area (Å²) in [6.07, 6.45) is -2.92. The van der Waals surface area contributed by atoms with Crippen LogP contribution in [0.15, 0.2) is 24.4 Å². The molecule has 1 fully saturated rings. The van der Waals surface area contributed by atoms with Crippen LogP contribution in [-0.4, -0.2) is 41.0 Å². The molecular weight excluding hydrogens is 438 g/mol. The molecule has 1 aromatic carbocycles. The van der Waals surface area contributed by atoms with Gasteiger partial charge >= 0.3 is 6.18 Å². The highest BCUT2D eigenvalue weighted by Crippen LogP contribution is 2.36. The van der Waals surface area contributed by atoms with E-state index in [1.54, 1.807) is 13.1 Å². The first-order valence-electron chi connectivity index (χ1n) is 10.7. The Hall–Kier alpha value is -3.01. The fraction of sp³-hybridized carbons (Fsp3) is 0.435. The lowest BCUT2D eigenvalue weighted by atomic mass is 9.96. The van der Waals surface area contributed by atoms with E-state index in [2.05, 4.69) is 25.4 Å². The Morgan fingerprint density at radius 3 is 2.61 bits per heavy atom. The predicted molar refractivity (Wildman–Crippen MR) is 118 cm³/mol. The van der Waals surface area contributed by atoms with E-state index in [-0.39, 0.29) is 17.2 Å². The van der Waals surface area contributed by atoms with Crippen molar-refractivity contribution >= 4 is 22.4 Å². The van der Waals surface area contributed by atoms with Gasteiger partial charge in [-0.1, -0.05) is 0 Å². The first-order valence-corrected chi connectivity index (χ1v) is 10.7. The first kappa shape index (κ1) is 23.2. The number of hydrogen-bond donors (Lipinski definition) is 1. The molecule has 4 rings (SSSR count). The van der Waals surface area contributed by atoms with Gasteiger partial charge in [0.1, 0.15) is 11.6 Å². The van der Waals surface area contributed by atoms with E-state index in [0.29, 0.717) is 37.3 Å². The van der Waals surface area contributed by atoms with E-state index in [1.807, 2.05) is 19.9 Å². The zero-order valence-corrected chi connectivity index (χ0v) is 18.8. The van der Waals surface area contributed by atoms with E-state index in [4.69, 9.17) is 4.74 Å². The van der Waals surface area contributed by atoms with Gasteiger partial charge in [-0.3, -0.25) is 0 Å². The van der Waals surface area contributed by atoms with E-state index in [1.165, 1.54) is 6.92 Å². The number of fused-ring (bicyclic) bond motifs is 1. The van der Waals surface area contributed by atoms with Crippen LogP contribution < -0.4 is 10.2 Å². The quantitative estimate of drug-likeness (QED) is 0.537. The van der Waals surface area contributed by atoms with Crippen LogP contribution in [0.3, 0.4) is 0 Å². The van der Waals surface area contributed by atoms with Crippen molar-refractivity contribution in [3.63, 3.8) is 0 Å². The van der Waals surface area contributed by atoms with Gasteiger partial charge in [0.05, 0.1) is 36.6 Å². The number of nitrogens with zero attached hydrogens (tertiary/aromatic N) is 4. The number of ether oxygens (including phenoxy) is 1. The smallest absolute Gasteiger partial charge is 0.377 e. The lowest BCUT2D eigenvalue weighted by Crippen LogP contribution is -2.44. The summed E-state index contributed by atoms with van der Waals surface area (Å²) < 4.78 is 59.7. The van der Waals surface area contributed by atoms with Gasteiger partial charge in [-0.15, -0.1) is 5.10 Å². The molecule has 0 aliphatic carbocycles. The molecule has 0 radical (unpaired) electrons. The zero-order chi connectivity index (χ0) is 23.9. The number of alkyl halides is 3. The van der Waals surface area contributed by atoms with Gasteiger partial charge in [-0.05, 0) is 57.0 Å². The zero-order valence-electron chi connectivity index (χ0n) is 18.8. The molecule has 176 valence electrons. The van der Waals surface area contributed by atoms with Crippen LogP contribution in [0, 0.1) is 19.7 Å². The molecule has 1 aliphatic rings. The Morgan fingerprint density at radius 2 is 1.91 bits per heavy atom. The number of benzene rings is 1. The number of morpholine rings is 1. The summed E-state index contributed by atoms with van der Waals surface area (Å²) in [5, 5.41) is 13.1. The van der Waals surface area contributed by atoms with Crippen molar-refractivity contribution in [3.05, 3.63) is 52.6 Å². The third-order valence-corrected chi connectivity index (χ3v) is 6.03. The van der Waals surface area contributed by atoms with Gasteiger partial charge in [-0.25, -0.2) is 9.37 Å². The normalized spacial score (nSPS) is 17.9. The lowest BCUT2D eigenvalue weighted by Gasteiger charge is -2.34. The van der Waals surface area contributed by atoms with Crippen LogP contribution >= 0.6 is 0 Å². The summed E-state index contributed by atoms with van der Waals surface area (Å²) >= 11 is 0. The average Bonchev–Trinajstić information content (AvgIpc) is 2.76. The summed E-state index contributed by atoms with van der Waals surface area (Å²) in [7, 11) is 0. The number of nitrogens with one attached hydrogen (secondary N) is 1. The van der Waals surface area contributed by atoms with Crippen molar-refractivity contribution in [3.8, 4) is 0 Å². The maximum atomic E-state index is 14.1. The molecule has 2 atom stereocenters. The minimum absolute atomic E-state index is 0.0298. The van der Waals surface area contributed by atoms with Crippen LogP contribution in [0.2, 0.25) is 0 Å². The Balaban J connectivity index is 1.74. The van der Waals surface area contributed by atoms with Gasteiger partial charge in [0.15, 0.2) is 5.82 Å². The third-order valence-electron chi connectivity index (χ3n) is 6.03. The molecule has 6 nitrogen and oxygen atoms in total. The van der Waals surface area contributed by atoms with Crippen LogP contribution in [0.4, 0.5) is 29.2 Å². The predicted octanol–water partition coefficient (Wildman–Crippen LogP) is 5.20. The van der Waals surface area contributed by atoms with E-state index in [9.17, 15) is 17.6 Å². The van der Waals surface area contributed by atoms with Gasteiger partial charge in [-0.2, -0.15) is 18.3 Å². The van der Waals surface area contributed by atoms with Crippen LogP contribution in [0.25, 0.3) is 10.8 Å². The van der Waals surface area contributed by atoms with Gasteiger partial charge in [0, 0.05) is 23.5 Å².